The van der Waals surface area contributed by atoms with Crippen LogP contribution < -0.4 is 104 Å². The van der Waals surface area contributed by atoms with Crippen LogP contribution in [0.25, 0.3) is 0 Å². The van der Waals surface area contributed by atoms with Gasteiger partial charge in [0.1, 0.15) is 18.1 Å². The number of hydrogen-bond acceptors (Lipinski definition) is 20. The quantitative estimate of drug-likeness (QED) is 0.0155. The average molecular weight is 2040 g/mol. The second kappa shape index (κ2) is 68.8. The van der Waals surface area contributed by atoms with Crippen LogP contribution in [0.4, 0.5) is 0 Å². The number of ketones is 5. The smallest absolute Gasteiger partial charge is 0.247 e. The lowest BCUT2D eigenvalue weighted by Crippen LogP contribution is -2.55. The molecule has 13 atom stereocenters. The van der Waals surface area contributed by atoms with Crippen molar-refractivity contribution in [2.75, 3.05) is 39.3 Å². The fraction of sp³-hybridized carbons (Fsp3) is 0.736. The van der Waals surface area contributed by atoms with Crippen LogP contribution in [-0.4, -0.2) is 203 Å². The number of guanidine groups is 4. The number of nitrogens with one attached hydrogen (secondary N) is 11. The summed E-state index contributed by atoms with van der Waals surface area (Å²) >= 11 is 0. The van der Waals surface area contributed by atoms with Crippen molar-refractivity contribution < 1.29 is 76.7 Å². The van der Waals surface area contributed by atoms with Crippen LogP contribution in [0.5, 0.6) is 0 Å². The van der Waals surface area contributed by atoms with Crippen LogP contribution in [0.15, 0.2) is 62.5 Å². The summed E-state index contributed by atoms with van der Waals surface area (Å²) in [5, 5.41) is 32.0. The lowest BCUT2D eigenvalue weighted by atomic mass is 9.82. The molecular weight excluding hydrogens is 1850 g/mol. The van der Waals surface area contributed by atoms with Gasteiger partial charge in [0, 0.05) is 125 Å². The number of aliphatic imine (C=N–C) groups is 4. The van der Waals surface area contributed by atoms with Gasteiger partial charge >= 0.3 is 0 Å². The molecular formula is C106H185N23O16. The van der Waals surface area contributed by atoms with Crippen molar-refractivity contribution in [1.82, 2.24) is 58.5 Å². The molecule has 0 aliphatic carbocycles. The Labute approximate surface area is 862 Å². The summed E-state index contributed by atoms with van der Waals surface area (Å²) < 4.78 is 0. The minimum absolute atomic E-state index is 0.00826. The van der Waals surface area contributed by atoms with Crippen LogP contribution in [-0.2, 0) is 76.7 Å². The van der Waals surface area contributed by atoms with E-state index < -0.39 is 81.8 Å². The number of carbonyl (C=O) groups is 16. The number of rotatable bonds is 29. The molecule has 4 saturated heterocycles. The molecule has 4 fully saturated rings. The van der Waals surface area contributed by atoms with Crippen LogP contribution >= 0.6 is 0 Å². The molecule has 0 saturated carbocycles. The average Bonchev–Trinajstić information content (AvgIpc) is 1.20. The van der Waals surface area contributed by atoms with E-state index in [4.69, 9.17) is 45.9 Å². The number of nitrogens with zero attached hydrogens (tertiary/aromatic N) is 4. The van der Waals surface area contributed by atoms with Crippen molar-refractivity contribution >= 4 is 118 Å². The van der Waals surface area contributed by atoms with E-state index in [9.17, 15) is 76.7 Å². The molecule has 145 heavy (non-hydrogen) atoms. The van der Waals surface area contributed by atoms with Crippen molar-refractivity contribution in [3.8, 4) is 0 Å². The van der Waals surface area contributed by atoms with E-state index in [1.165, 1.54) is 0 Å². The zero-order chi connectivity index (χ0) is 109. The topological polar surface area (TPSA) is 663 Å². The Hall–Kier alpha value is -11.4. The second-order valence-electron chi connectivity index (χ2n) is 41.4. The molecule has 39 nitrogen and oxygen atoms in total. The first-order valence-electron chi connectivity index (χ1n) is 53.3. The molecule has 11 amide bonds. The van der Waals surface area contributed by atoms with Crippen LogP contribution in [0.1, 0.15) is 373 Å². The van der Waals surface area contributed by atoms with Crippen molar-refractivity contribution in [3.05, 3.63) is 48.0 Å². The van der Waals surface area contributed by atoms with E-state index >= 15 is 0 Å². The maximum absolute atomic E-state index is 13.7. The third-order valence-electron chi connectivity index (χ3n) is 27.3. The first-order valence-corrected chi connectivity index (χ1v) is 53.3. The van der Waals surface area contributed by atoms with Gasteiger partial charge in [0.25, 0.3) is 0 Å². The molecule has 0 aromatic heterocycles. The minimum atomic E-state index is -1.21. The normalized spacial score (nSPS) is 25.4. The largest absolute Gasteiger partial charge is 0.370 e. The van der Waals surface area contributed by atoms with Crippen LogP contribution in [0.3, 0.4) is 0 Å². The van der Waals surface area contributed by atoms with E-state index in [0.29, 0.717) is 141 Å². The number of hydrogen-bond donors (Lipinski definition) is 19. The molecule has 820 valence electrons. The highest BCUT2D eigenvalue weighted by Crippen LogP contribution is 2.32. The minimum Gasteiger partial charge on any atom is -0.370 e. The lowest BCUT2D eigenvalue weighted by molar-refractivity contribution is -0.137. The molecule has 4 aliphatic heterocycles. The van der Waals surface area contributed by atoms with Gasteiger partial charge in [-0.25, -0.2) is 0 Å². The van der Waals surface area contributed by atoms with Gasteiger partial charge < -0.3 is 104 Å². The molecule has 0 bridgehead atoms. The summed E-state index contributed by atoms with van der Waals surface area (Å²) in [5.41, 5.74) is 40.6. The third-order valence-corrected chi connectivity index (χ3v) is 27.3. The summed E-state index contributed by atoms with van der Waals surface area (Å²) in [6.45, 7) is 35.2. The molecule has 4 aliphatic rings. The fourth-order valence-electron chi connectivity index (χ4n) is 17.4. The maximum Gasteiger partial charge on any atom is 0.247 e. The highest BCUT2D eigenvalue weighted by Gasteiger charge is 2.44. The van der Waals surface area contributed by atoms with Gasteiger partial charge in [-0.2, -0.15) is 0 Å². The van der Waals surface area contributed by atoms with Gasteiger partial charge in [0.15, 0.2) is 52.8 Å². The Balaban J connectivity index is 0.000000656. The van der Waals surface area contributed by atoms with Crippen molar-refractivity contribution in [1.29, 1.82) is 0 Å². The number of carbonyl (C=O) groups excluding carboxylic acids is 16. The van der Waals surface area contributed by atoms with Crippen molar-refractivity contribution in [2.24, 2.45) is 113 Å². The Bertz CT molecular complexity index is 4410. The number of Topliss-reactive ketones (excluding diaryl/α,β-unsaturated/α-hetero) is 5. The zero-order valence-electron chi connectivity index (χ0n) is 90.4. The molecule has 0 spiro atoms. The number of amides is 11. The molecule has 5 rings (SSSR count). The summed E-state index contributed by atoms with van der Waals surface area (Å²) in [7, 11) is 0. The third kappa shape index (κ3) is 50.5. The molecule has 4 heterocycles. The second-order valence-corrected chi connectivity index (χ2v) is 41.4. The molecule has 39 heteroatoms. The summed E-state index contributed by atoms with van der Waals surface area (Å²) in [4.78, 5) is 226. The summed E-state index contributed by atoms with van der Waals surface area (Å²) in [5.74, 6) is -7.71. The molecule has 1 aromatic rings. The highest BCUT2D eigenvalue weighted by molar-refractivity contribution is 6.01. The predicted molar refractivity (Wildman–Crippen MR) is 570 cm³/mol. The van der Waals surface area contributed by atoms with E-state index in [2.05, 4.69) is 85.0 Å². The maximum atomic E-state index is 13.7. The Kier molecular flexibility index (Phi) is 61.5. The summed E-state index contributed by atoms with van der Waals surface area (Å²) in [6.07, 6.45) is 23.7. The molecule has 1 aromatic carbocycles. The standard InChI is InChI=1S/C30H47N7O5.C26H48N6O4.C26H47N5O3.C24H43N5O4/c1-5-22-27(41)36-24(20-12-7-6-8-13-20)28(42)33-16-10-9-15-30(4,37-25(39)19(2)3)23(38)18-21(26(40)35-22)14-11-17-34-29(31)32;1-5-20-24(36)29-15-11-9-7-6-8-10-14-26(4,32-22(34)18(2)3)21(33)17-19(23(35)31-20)13-12-16-30-25(27)28;1-6-21-19(4)13-10-8-7-9-11-15-26(5,31-23(33)18(2)3)22(32)17-20(24(34)30-21)14-12-16-29-25(27)28;1-5-18-19(30)12-8-6-7-9-13-24(4,29-21(32)16(2)3)20(31)15-17(22(33)28-18)11-10-14-27-23(25)26/h6-8,12-13,19,21-22,24H,5,9-11,14-18H2,1-4H3,(H,33,42)(H,35,40)(H,36,41)(H,37,39)(H4,31,32,34);18-20H,5-17H2,1-4H3,(H,29,36)(H,31,35)(H,32,34)(H4,27,28,30);18,20-21H,4,6-17H2,1-3,5H3,(H,30,34)(H,31,33)(H4,27,28,29);16-18H,5-15H2,1-4H3,(H,28,33)(H,29,32)(H4,25,26,27)/t21-,22+,24-,30-;19-,20+,26-;20-,21+,26-;17-,18+,24-/m1111/s1. The van der Waals surface area contributed by atoms with E-state index in [0.717, 1.165) is 115 Å². The number of benzene rings is 1. The van der Waals surface area contributed by atoms with Gasteiger partial charge in [-0.1, -0.05) is 203 Å². The monoisotopic (exact) mass is 2040 g/mol. The van der Waals surface area contributed by atoms with Crippen LogP contribution in [0, 0.1) is 47.3 Å². The number of nitrogens with two attached hydrogens (primary N) is 8. The zero-order valence-corrected chi connectivity index (χ0v) is 90.4. The fourth-order valence-corrected chi connectivity index (χ4v) is 17.4. The summed E-state index contributed by atoms with van der Waals surface area (Å²) in [6, 6.07) is 5.66. The van der Waals surface area contributed by atoms with Gasteiger partial charge in [0.05, 0.1) is 28.2 Å². The van der Waals surface area contributed by atoms with Gasteiger partial charge in [-0.15, -0.1) is 0 Å². The Morgan fingerprint density at radius 1 is 0.338 bits per heavy atom. The lowest BCUT2D eigenvalue weighted by Gasteiger charge is -2.32. The van der Waals surface area contributed by atoms with E-state index in [1.54, 1.807) is 100 Å². The first-order chi connectivity index (χ1) is 68.4. The van der Waals surface area contributed by atoms with Crippen molar-refractivity contribution in [2.45, 2.75) is 414 Å². The highest BCUT2D eigenvalue weighted by atomic mass is 16.2. The molecule has 27 N–H and O–H groups in total. The Morgan fingerprint density at radius 3 is 0.910 bits per heavy atom. The predicted octanol–water partition coefficient (Wildman–Crippen LogP) is 8.41. The molecule has 0 unspecified atom stereocenters. The van der Waals surface area contributed by atoms with Crippen molar-refractivity contribution in [3.63, 3.8) is 0 Å². The van der Waals surface area contributed by atoms with E-state index in [-0.39, 0.29) is 181 Å². The molecule has 0 radical (unpaired) electrons. The Morgan fingerprint density at radius 2 is 0.600 bits per heavy atom. The SMILES string of the molecule is C=C1CCCCCCC[C@@](C)(NC(=O)C(C)C)C(=O)C[C@@H](CCCN=C(N)N)C(=O)N[C@H]1CC.CC[C@@H]1NC(=O)[C@H](CCCN=C(N)N)CC(=O)[C@](C)(NC(=O)C(C)C)CCCCCCC1=O.CC[C@@H]1NC(=O)[C@H](CCCN=C(N)N)CC(=O)[C@](C)(NC(=O)C(C)C)CCCCCCCCNC1=O.CC[C@@H]1NC(=O)[C@H](CCCN=C(N)N)CC(=O)[C@](C)(NC(=O)C(C)C)CCCCNC(=O)[C@@H](c2ccccc2)NC1=O. The van der Waals surface area contributed by atoms with E-state index in [1.807, 2.05) is 40.7 Å². The van der Waals surface area contributed by atoms with Gasteiger partial charge in [-0.05, 0) is 175 Å². The first kappa shape index (κ1) is 130. The van der Waals surface area contributed by atoms with Crippen LogP contribution in [0.2, 0.25) is 0 Å². The van der Waals surface area contributed by atoms with Gasteiger partial charge in [-0.3, -0.25) is 96.7 Å². The van der Waals surface area contributed by atoms with Gasteiger partial charge in [0.2, 0.25) is 65.0 Å².